The second-order valence-corrected chi connectivity index (χ2v) is 9.66. The van der Waals surface area contributed by atoms with Crippen molar-refractivity contribution in [1.82, 2.24) is 24.5 Å². The molecule has 0 saturated carbocycles. The van der Waals surface area contributed by atoms with E-state index in [0.29, 0.717) is 42.9 Å². The summed E-state index contributed by atoms with van der Waals surface area (Å²) in [6.45, 7) is 8.96. The number of imidazole rings is 1. The van der Waals surface area contributed by atoms with Gasteiger partial charge in [-0.3, -0.25) is 9.69 Å². The Labute approximate surface area is 209 Å². The Morgan fingerprint density at radius 1 is 1.22 bits per heavy atom. The molecule has 5 rings (SSSR count). The van der Waals surface area contributed by atoms with Crippen molar-refractivity contribution in [1.29, 1.82) is 0 Å². The van der Waals surface area contributed by atoms with Gasteiger partial charge < -0.3 is 23.8 Å². The third kappa shape index (κ3) is 4.00. The van der Waals surface area contributed by atoms with Crippen LogP contribution in [-0.2, 0) is 28.2 Å². The van der Waals surface area contributed by atoms with Crippen LogP contribution in [-0.4, -0.2) is 74.3 Å². The fraction of sp³-hybridized carbons (Fsp3) is 0.462. The van der Waals surface area contributed by atoms with Gasteiger partial charge in [0, 0.05) is 62.9 Å². The average molecular weight is 494 g/mol. The first-order chi connectivity index (χ1) is 17.2. The first kappa shape index (κ1) is 24.2. The van der Waals surface area contributed by atoms with Crippen molar-refractivity contribution < 1.29 is 24.0 Å². The SMILES string of the molecule is CCOC(=O)c1nc(-c2cccc(-c3cc([C@]4(O)CCN(C)C4=O)on3)c2)n2c1CN(C(C)C)CC2. The summed E-state index contributed by atoms with van der Waals surface area (Å²) in [6, 6.07) is 9.59. The molecule has 0 radical (unpaired) electrons. The van der Waals surface area contributed by atoms with Gasteiger partial charge >= 0.3 is 5.97 Å². The number of hydrogen-bond acceptors (Lipinski definition) is 8. The monoisotopic (exact) mass is 493 g/mol. The van der Waals surface area contributed by atoms with Gasteiger partial charge in [-0.15, -0.1) is 0 Å². The zero-order chi connectivity index (χ0) is 25.6. The van der Waals surface area contributed by atoms with E-state index >= 15 is 0 Å². The molecule has 1 aromatic carbocycles. The largest absolute Gasteiger partial charge is 0.461 e. The van der Waals surface area contributed by atoms with Crippen molar-refractivity contribution in [3.63, 3.8) is 0 Å². The van der Waals surface area contributed by atoms with Gasteiger partial charge in [-0.05, 0) is 26.8 Å². The number of rotatable bonds is 6. The van der Waals surface area contributed by atoms with Crippen LogP contribution in [0.5, 0.6) is 0 Å². The summed E-state index contributed by atoms with van der Waals surface area (Å²) >= 11 is 0. The predicted octanol–water partition coefficient (Wildman–Crippen LogP) is 2.66. The first-order valence-electron chi connectivity index (χ1n) is 12.3. The van der Waals surface area contributed by atoms with E-state index in [4.69, 9.17) is 14.2 Å². The molecule has 3 aromatic rings. The number of fused-ring (bicyclic) bond motifs is 1. The van der Waals surface area contributed by atoms with Crippen LogP contribution in [0.25, 0.3) is 22.6 Å². The number of aromatic nitrogens is 3. The lowest BCUT2D eigenvalue weighted by atomic mass is 9.98. The molecular formula is C26H31N5O5. The topological polar surface area (TPSA) is 114 Å². The van der Waals surface area contributed by atoms with Crippen LogP contribution in [0.15, 0.2) is 34.9 Å². The molecule has 10 heteroatoms. The molecule has 1 fully saturated rings. The lowest BCUT2D eigenvalue weighted by molar-refractivity contribution is -0.144. The standard InChI is InChI=1S/C26H31N5O5/c1-5-35-24(32)22-20-15-30(16(2)3)11-12-31(20)23(27-22)18-8-6-7-17(13-18)19-14-21(36-28-19)26(34)9-10-29(4)25(26)33/h6-8,13-14,16,34H,5,9-12,15H2,1-4H3/t26-/m1/s1. The molecule has 2 aromatic heterocycles. The number of likely N-dealkylation sites (tertiary alicyclic amines) is 1. The highest BCUT2D eigenvalue weighted by atomic mass is 16.5. The van der Waals surface area contributed by atoms with E-state index in [0.717, 1.165) is 23.4 Å². The lowest BCUT2D eigenvalue weighted by Crippen LogP contribution is -2.38. The molecule has 0 unspecified atom stereocenters. The number of aliphatic hydroxyl groups is 1. The van der Waals surface area contributed by atoms with Gasteiger partial charge in [0.1, 0.15) is 11.5 Å². The third-order valence-corrected chi connectivity index (χ3v) is 7.08. The summed E-state index contributed by atoms with van der Waals surface area (Å²) in [5.74, 6) is 0.00168. The first-order valence-corrected chi connectivity index (χ1v) is 12.3. The molecule has 1 N–H and O–H groups in total. The number of nitrogens with zero attached hydrogens (tertiary/aromatic N) is 5. The van der Waals surface area contributed by atoms with Crippen molar-refractivity contribution in [3.8, 4) is 22.6 Å². The summed E-state index contributed by atoms with van der Waals surface area (Å²) in [7, 11) is 1.65. The Kier molecular flexibility index (Phi) is 6.17. The van der Waals surface area contributed by atoms with Crippen LogP contribution in [0.2, 0.25) is 0 Å². The summed E-state index contributed by atoms with van der Waals surface area (Å²) in [4.78, 5) is 33.7. The molecule has 1 atom stereocenters. The highest BCUT2D eigenvalue weighted by Crippen LogP contribution is 2.36. The number of hydrogen-bond donors (Lipinski definition) is 1. The van der Waals surface area contributed by atoms with Gasteiger partial charge in [0.15, 0.2) is 11.5 Å². The molecule has 0 bridgehead atoms. The molecule has 2 aliphatic rings. The number of ether oxygens (including phenoxy) is 1. The number of benzene rings is 1. The Morgan fingerprint density at radius 2 is 2.00 bits per heavy atom. The van der Waals surface area contributed by atoms with Gasteiger partial charge in [0.05, 0.1) is 12.3 Å². The Bertz CT molecular complexity index is 1310. The highest BCUT2D eigenvalue weighted by molar-refractivity contribution is 5.90. The van der Waals surface area contributed by atoms with Crippen LogP contribution >= 0.6 is 0 Å². The molecule has 2 aliphatic heterocycles. The second kappa shape index (κ2) is 9.18. The fourth-order valence-electron chi connectivity index (χ4n) is 4.92. The summed E-state index contributed by atoms with van der Waals surface area (Å²) in [5, 5.41) is 15.0. The molecule has 1 saturated heterocycles. The molecule has 36 heavy (non-hydrogen) atoms. The van der Waals surface area contributed by atoms with Gasteiger partial charge in [-0.2, -0.15) is 0 Å². The van der Waals surface area contributed by atoms with E-state index in [9.17, 15) is 14.7 Å². The molecule has 10 nitrogen and oxygen atoms in total. The zero-order valence-corrected chi connectivity index (χ0v) is 21.0. The minimum atomic E-state index is -1.70. The van der Waals surface area contributed by atoms with Crippen LogP contribution in [0.1, 0.15) is 49.1 Å². The maximum atomic E-state index is 12.7. The van der Waals surface area contributed by atoms with Crippen molar-refractivity contribution in [2.75, 3.05) is 26.7 Å². The average Bonchev–Trinajstić information content (AvgIpc) is 3.58. The quantitative estimate of drug-likeness (QED) is 0.522. The number of carbonyl (C=O) groups is 2. The van der Waals surface area contributed by atoms with E-state index in [1.165, 1.54) is 4.90 Å². The van der Waals surface area contributed by atoms with E-state index in [1.807, 2.05) is 24.3 Å². The zero-order valence-electron chi connectivity index (χ0n) is 21.0. The van der Waals surface area contributed by atoms with Gasteiger partial charge in [-0.25, -0.2) is 9.78 Å². The van der Waals surface area contributed by atoms with Crippen molar-refractivity contribution in [2.24, 2.45) is 0 Å². The smallest absolute Gasteiger partial charge is 0.358 e. The Balaban J connectivity index is 1.51. The van der Waals surface area contributed by atoms with Crippen molar-refractivity contribution >= 4 is 11.9 Å². The van der Waals surface area contributed by atoms with Gasteiger partial charge in [0.25, 0.3) is 5.91 Å². The maximum Gasteiger partial charge on any atom is 0.358 e. The van der Waals surface area contributed by atoms with E-state index in [1.54, 1.807) is 20.0 Å². The molecule has 0 spiro atoms. The molecule has 190 valence electrons. The molecule has 0 aliphatic carbocycles. The normalized spacial score (nSPS) is 20.3. The Morgan fingerprint density at radius 3 is 2.69 bits per heavy atom. The molecule has 1 amide bonds. The van der Waals surface area contributed by atoms with Crippen LogP contribution in [0, 0.1) is 0 Å². The summed E-state index contributed by atoms with van der Waals surface area (Å²) in [6.07, 6.45) is 0.251. The highest BCUT2D eigenvalue weighted by Gasteiger charge is 2.48. The van der Waals surface area contributed by atoms with Crippen molar-refractivity contribution in [2.45, 2.75) is 51.9 Å². The summed E-state index contributed by atoms with van der Waals surface area (Å²) in [5.41, 5.74) is 1.57. The Hall–Kier alpha value is -3.50. The second-order valence-electron chi connectivity index (χ2n) is 9.66. The lowest BCUT2D eigenvalue weighted by Gasteiger charge is -2.32. The van der Waals surface area contributed by atoms with Crippen LogP contribution < -0.4 is 0 Å². The minimum absolute atomic E-state index is 0.133. The van der Waals surface area contributed by atoms with E-state index in [-0.39, 0.29) is 18.8 Å². The minimum Gasteiger partial charge on any atom is -0.461 e. The molecule has 4 heterocycles. The molecular weight excluding hydrogens is 462 g/mol. The van der Waals surface area contributed by atoms with Crippen molar-refractivity contribution in [3.05, 3.63) is 47.5 Å². The summed E-state index contributed by atoms with van der Waals surface area (Å²) < 4.78 is 12.8. The van der Waals surface area contributed by atoms with Crippen LogP contribution in [0.3, 0.4) is 0 Å². The van der Waals surface area contributed by atoms with E-state index < -0.39 is 17.5 Å². The van der Waals surface area contributed by atoms with E-state index in [2.05, 4.69) is 28.5 Å². The van der Waals surface area contributed by atoms with Gasteiger partial charge in [0.2, 0.25) is 5.60 Å². The number of esters is 1. The fourth-order valence-corrected chi connectivity index (χ4v) is 4.92. The number of likely N-dealkylation sites (N-methyl/N-ethyl adjacent to an activating group) is 1. The third-order valence-electron chi connectivity index (χ3n) is 7.08. The predicted molar refractivity (Wildman–Crippen MR) is 131 cm³/mol. The van der Waals surface area contributed by atoms with Crippen LogP contribution in [0.4, 0.5) is 0 Å². The number of amides is 1. The maximum absolute atomic E-state index is 12.7. The number of carbonyl (C=O) groups excluding carboxylic acids is 2. The van der Waals surface area contributed by atoms with Gasteiger partial charge in [-0.1, -0.05) is 23.4 Å².